The molecule has 192 valence electrons. The monoisotopic (exact) mass is 539 g/mol. The molecule has 2 heterocycles. The van der Waals surface area contributed by atoms with Crippen molar-refractivity contribution >= 4 is 46.7 Å². The minimum atomic E-state index is -1.51. The number of carboxylic acid groups (broad SMARTS) is 1. The summed E-state index contributed by atoms with van der Waals surface area (Å²) in [7, 11) is 0. The summed E-state index contributed by atoms with van der Waals surface area (Å²) < 4.78 is 28.9. The highest BCUT2D eigenvalue weighted by molar-refractivity contribution is 6.31. The van der Waals surface area contributed by atoms with E-state index in [9.17, 15) is 23.2 Å². The van der Waals surface area contributed by atoms with Crippen LogP contribution in [0.4, 0.5) is 14.5 Å². The molecule has 2 aromatic rings. The quantitative estimate of drug-likeness (QED) is 0.455. The zero-order valence-electron chi connectivity index (χ0n) is 19.7. The van der Waals surface area contributed by atoms with E-state index in [0.29, 0.717) is 23.2 Å². The molecule has 2 aliphatic heterocycles. The number of nitrogens with one attached hydrogen (secondary N) is 3. The first-order valence-corrected chi connectivity index (χ1v) is 12.0. The van der Waals surface area contributed by atoms with E-state index < -0.39 is 59.4 Å². The van der Waals surface area contributed by atoms with Crippen LogP contribution in [0.2, 0.25) is 10.0 Å². The third-order valence-electron chi connectivity index (χ3n) is 6.70. The van der Waals surface area contributed by atoms with E-state index in [2.05, 4.69) is 16.0 Å². The van der Waals surface area contributed by atoms with Crippen molar-refractivity contribution in [1.29, 1.82) is 0 Å². The van der Waals surface area contributed by atoms with Crippen molar-refractivity contribution in [2.24, 2.45) is 5.41 Å². The highest BCUT2D eigenvalue weighted by Gasteiger charge is 2.66. The van der Waals surface area contributed by atoms with Crippen LogP contribution in [-0.4, -0.2) is 41.5 Å². The summed E-state index contributed by atoms with van der Waals surface area (Å²) in [5, 5.41) is 17.1. The van der Waals surface area contributed by atoms with Crippen LogP contribution in [0.25, 0.3) is 0 Å². The van der Waals surface area contributed by atoms with Crippen LogP contribution in [-0.2, 0) is 19.8 Å². The van der Waals surface area contributed by atoms with Crippen LogP contribution in [0.15, 0.2) is 30.3 Å². The van der Waals surface area contributed by atoms with Crippen molar-refractivity contribution in [3.63, 3.8) is 0 Å². The number of carboxylic acids is 1. The molecule has 1 spiro atoms. The Morgan fingerprint density at radius 3 is 2.39 bits per heavy atom. The van der Waals surface area contributed by atoms with Crippen LogP contribution in [0.5, 0.6) is 0 Å². The molecule has 0 radical (unpaired) electrons. The Kier molecular flexibility index (Phi) is 6.79. The van der Waals surface area contributed by atoms with Gasteiger partial charge in [-0.2, -0.15) is 0 Å². The molecule has 0 bridgehead atoms. The third-order valence-corrected chi connectivity index (χ3v) is 7.28. The molecule has 0 aromatic heterocycles. The molecule has 4 atom stereocenters. The SMILES string of the molecule is CC(C)(C)CC1NC(C(=O)NCC(=O)O)C(c2ccc(F)c(Cl)c2)C12C(=O)Nc1cc(Cl)c(F)cc12. The number of carbonyl (C=O) groups is 3. The van der Waals surface area contributed by atoms with Gasteiger partial charge in [0.25, 0.3) is 0 Å². The highest BCUT2D eigenvalue weighted by atomic mass is 35.5. The number of benzene rings is 2. The van der Waals surface area contributed by atoms with Gasteiger partial charge in [0.1, 0.15) is 23.6 Å². The predicted octanol–water partition coefficient (Wildman–Crippen LogP) is 4.22. The maximum atomic E-state index is 14.8. The van der Waals surface area contributed by atoms with Crippen LogP contribution in [0.3, 0.4) is 0 Å². The summed E-state index contributed by atoms with van der Waals surface area (Å²) in [6.45, 7) is 5.23. The van der Waals surface area contributed by atoms with Gasteiger partial charge in [-0.1, -0.05) is 50.0 Å². The van der Waals surface area contributed by atoms with Gasteiger partial charge in [-0.3, -0.25) is 14.4 Å². The van der Waals surface area contributed by atoms with Crippen LogP contribution in [0, 0.1) is 17.0 Å². The summed E-state index contributed by atoms with van der Waals surface area (Å²) in [6, 6.07) is 4.58. The number of anilines is 1. The number of hydrogen-bond donors (Lipinski definition) is 4. The van der Waals surface area contributed by atoms with Gasteiger partial charge >= 0.3 is 5.97 Å². The first-order chi connectivity index (χ1) is 16.8. The van der Waals surface area contributed by atoms with Crippen molar-refractivity contribution in [2.75, 3.05) is 11.9 Å². The Morgan fingerprint density at radius 1 is 1.11 bits per heavy atom. The lowest BCUT2D eigenvalue weighted by Crippen LogP contribution is -2.49. The standard InChI is InChI=1S/C25H25Cl2F2N3O4/c1-24(2,3)9-18-25(12-7-16(29)14(27)8-17(12)31-23(25)36)20(11-4-5-15(28)13(26)6-11)21(32-18)22(35)30-10-19(33)34/h4-8,18,20-21,32H,9-10H2,1-3H3,(H,30,35)(H,31,36)(H,33,34). The number of rotatable bonds is 5. The average molecular weight is 540 g/mol. The van der Waals surface area contributed by atoms with Gasteiger partial charge in [0.05, 0.1) is 16.1 Å². The number of aliphatic carboxylic acids is 1. The summed E-state index contributed by atoms with van der Waals surface area (Å²) in [5.41, 5.74) is -0.887. The first-order valence-electron chi connectivity index (χ1n) is 11.3. The number of hydrogen-bond acceptors (Lipinski definition) is 4. The van der Waals surface area contributed by atoms with E-state index >= 15 is 0 Å². The predicted molar refractivity (Wildman–Crippen MR) is 131 cm³/mol. The average Bonchev–Trinajstić information content (AvgIpc) is 3.23. The van der Waals surface area contributed by atoms with Gasteiger partial charge in [-0.15, -0.1) is 0 Å². The zero-order valence-corrected chi connectivity index (χ0v) is 21.2. The second-order valence-electron chi connectivity index (χ2n) is 10.4. The smallest absolute Gasteiger partial charge is 0.322 e. The molecule has 1 saturated heterocycles. The molecule has 11 heteroatoms. The molecule has 2 amide bonds. The van der Waals surface area contributed by atoms with E-state index in [1.807, 2.05) is 20.8 Å². The molecule has 0 saturated carbocycles. The molecular formula is C25H25Cl2F2N3O4. The maximum Gasteiger partial charge on any atom is 0.322 e. The van der Waals surface area contributed by atoms with Gasteiger partial charge in [0.2, 0.25) is 11.8 Å². The lowest BCUT2D eigenvalue weighted by Gasteiger charge is -2.37. The van der Waals surface area contributed by atoms with Gasteiger partial charge < -0.3 is 21.1 Å². The summed E-state index contributed by atoms with van der Waals surface area (Å²) in [6.07, 6.45) is 0.387. The minimum Gasteiger partial charge on any atom is -0.480 e. The van der Waals surface area contributed by atoms with E-state index in [4.69, 9.17) is 28.3 Å². The van der Waals surface area contributed by atoms with Crippen molar-refractivity contribution in [3.8, 4) is 0 Å². The summed E-state index contributed by atoms with van der Waals surface area (Å²) in [4.78, 5) is 38.3. The van der Waals surface area contributed by atoms with Crippen molar-refractivity contribution in [3.05, 3.63) is 63.1 Å². The lowest BCUT2D eigenvalue weighted by molar-refractivity contribution is -0.138. The molecule has 4 rings (SSSR count). The van der Waals surface area contributed by atoms with E-state index in [1.165, 1.54) is 24.3 Å². The van der Waals surface area contributed by atoms with Crippen molar-refractivity contribution in [2.45, 2.75) is 50.6 Å². The first kappa shape index (κ1) is 26.3. The largest absolute Gasteiger partial charge is 0.480 e. The van der Waals surface area contributed by atoms with Gasteiger partial charge in [0.15, 0.2) is 0 Å². The summed E-state index contributed by atoms with van der Waals surface area (Å²) >= 11 is 12.1. The van der Waals surface area contributed by atoms with E-state index in [-0.39, 0.29) is 15.5 Å². The van der Waals surface area contributed by atoms with Gasteiger partial charge in [-0.05, 0) is 47.2 Å². The highest BCUT2D eigenvalue weighted by Crippen LogP contribution is 2.57. The Hall–Kier alpha value is -2.75. The third kappa shape index (κ3) is 4.44. The fourth-order valence-corrected chi connectivity index (χ4v) is 5.77. The number of fused-ring (bicyclic) bond motifs is 2. The molecule has 7 nitrogen and oxygen atoms in total. The molecule has 2 aromatic carbocycles. The van der Waals surface area contributed by atoms with Crippen molar-refractivity contribution in [1.82, 2.24) is 10.6 Å². The minimum absolute atomic E-state index is 0.179. The number of carbonyl (C=O) groups excluding carboxylic acids is 2. The molecular weight excluding hydrogens is 515 g/mol. The second-order valence-corrected chi connectivity index (χ2v) is 11.2. The zero-order chi connectivity index (χ0) is 26.6. The van der Waals surface area contributed by atoms with Crippen molar-refractivity contribution < 1.29 is 28.3 Å². The fourth-order valence-electron chi connectivity index (χ4n) is 5.41. The Balaban J connectivity index is 1.99. The molecule has 2 aliphatic rings. The number of amides is 2. The maximum absolute atomic E-state index is 14.8. The Morgan fingerprint density at radius 2 is 1.78 bits per heavy atom. The molecule has 0 aliphatic carbocycles. The number of halogens is 4. The van der Waals surface area contributed by atoms with Crippen LogP contribution in [0.1, 0.15) is 44.2 Å². The molecule has 36 heavy (non-hydrogen) atoms. The second kappa shape index (κ2) is 9.28. The topological polar surface area (TPSA) is 108 Å². The lowest BCUT2D eigenvalue weighted by atomic mass is 9.62. The van der Waals surface area contributed by atoms with Gasteiger partial charge in [0, 0.05) is 17.6 Å². The van der Waals surface area contributed by atoms with E-state index in [0.717, 1.165) is 6.07 Å². The van der Waals surface area contributed by atoms with Crippen LogP contribution < -0.4 is 16.0 Å². The molecule has 4 unspecified atom stereocenters. The van der Waals surface area contributed by atoms with E-state index in [1.54, 1.807) is 0 Å². The normalized spacial score (nSPS) is 25.1. The van der Waals surface area contributed by atoms with Gasteiger partial charge in [-0.25, -0.2) is 8.78 Å². The Bertz CT molecular complexity index is 1270. The van der Waals surface area contributed by atoms with Crippen LogP contribution >= 0.6 is 23.2 Å². The molecule has 4 N–H and O–H groups in total. The molecule has 1 fully saturated rings. The fraction of sp³-hybridized carbons (Fsp3) is 0.400. The summed E-state index contributed by atoms with van der Waals surface area (Å²) in [5.74, 6) is -4.82. The Labute approximate surface area is 216 Å².